The highest BCUT2D eigenvalue weighted by atomic mass is 35.5. The molecule has 2 aromatic carbocycles. The van der Waals surface area contributed by atoms with E-state index in [9.17, 15) is 4.79 Å². The molecule has 1 aliphatic rings. The number of carbonyl (C=O) groups is 1. The Morgan fingerprint density at radius 2 is 1.74 bits per heavy atom. The van der Waals surface area contributed by atoms with Gasteiger partial charge in [0.1, 0.15) is 6.54 Å². The molecular weight excluding hydrogens is 355 g/mol. The first-order valence-corrected chi connectivity index (χ1v) is 8.51. The lowest BCUT2D eigenvalue weighted by Crippen LogP contribution is -3.12. The van der Waals surface area contributed by atoms with Gasteiger partial charge in [-0.1, -0.05) is 59.1 Å². The number of rotatable bonds is 3. The van der Waals surface area contributed by atoms with Crippen LogP contribution in [-0.4, -0.2) is 19.0 Å². The Balaban J connectivity index is 1.64. The number of anilines is 1. The van der Waals surface area contributed by atoms with Gasteiger partial charge in [-0.3, -0.25) is 4.79 Å². The molecule has 1 unspecified atom stereocenters. The molecule has 0 aromatic heterocycles. The molecule has 1 amide bonds. The Morgan fingerprint density at radius 1 is 1.04 bits per heavy atom. The molecule has 2 N–H and O–H groups in total. The topological polar surface area (TPSA) is 33.5 Å². The summed E-state index contributed by atoms with van der Waals surface area (Å²) in [5.74, 6) is -0.0836. The third-order valence-corrected chi connectivity index (χ3v) is 5.04. The first kappa shape index (κ1) is 16.6. The Labute approximate surface area is 150 Å². The lowest BCUT2D eigenvalue weighted by molar-refractivity contribution is -0.907. The highest BCUT2D eigenvalue weighted by molar-refractivity contribution is 6.44. The minimum Gasteiger partial charge on any atom is -0.323 e. The molecule has 3 nitrogen and oxygen atoms in total. The molecule has 3 rings (SSSR count). The minimum atomic E-state index is -0.0836. The van der Waals surface area contributed by atoms with E-state index in [0.29, 0.717) is 27.3 Å². The van der Waals surface area contributed by atoms with Crippen LogP contribution in [0, 0.1) is 0 Å². The summed E-state index contributed by atoms with van der Waals surface area (Å²) in [5, 5.41) is 3.93. The second-order valence-electron chi connectivity index (χ2n) is 5.67. The second kappa shape index (κ2) is 7.10. The maximum absolute atomic E-state index is 12.3. The monoisotopic (exact) mass is 369 g/mol. The van der Waals surface area contributed by atoms with E-state index in [4.69, 9.17) is 34.8 Å². The van der Waals surface area contributed by atoms with Crippen molar-refractivity contribution in [2.75, 3.05) is 18.4 Å². The fourth-order valence-electron chi connectivity index (χ4n) is 2.83. The number of halogens is 3. The Bertz CT molecular complexity index is 749. The zero-order chi connectivity index (χ0) is 16.4. The Hall–Kier alpha value is -1.26. The third-order valence-electron chi connectivity index (χ3n) is 4.00. The fourth-order valence-corrected chi connectivity index (χ4v) is 3.43. The van der Waals surface area contributed by atoms with E-state index in [0.717, 1.165) is 19.5 Å². The van der Waals surface area contributed by atoms with Crippen LogP contribution in [0.1, 0.15) is 11.1 Å². The van der Waals surface area contributed by atoms with Gasteiger partial charge in [0.05, 0.1) is 27.3 Å². The van der Waals surface area contributed by atoms with Crippen molar-refractivity contribution in [1.82, 2.24) is 0 Å². The average molecular weight is 371 g/mol. The molecular formula is C17H16Cl3N2O+. The molecule has 0 bridgehead atoms. The van der Waals surface area contributed by atoms with Crippen molar-refractivity contribution in [2.45, 2.75) is 13.0 Å². The summed E-state index contributed by atoms with van der Waals surface area (Å²) in [7, 11) is 0. The summed E-state index contributed by atoms with van der Waals surface area (Å²) in [6.07, 6.45) is 0.992. The molecule has 6 heteroatoms. The van der Waals surface area contributed by atoms with Crippen molar-refractivity contribution in [3.63, 3.8) is 0 Å². The molecule has 1 heterocycles. The number of benzene rings is 2. The van der Waals surface area contributed by atoms with Crippen LogP contribution in [0.3, 0.4) is 0 Å². The molecule has 1 atom stereocenters. The van der Waals surface area contributed by atoms with E-state index in [1.165, 1.54) is 22.1 Å². The van der Waals surface area contributed by atoms with Gasteiger partial charge in [-0.15, -0.1) is 0 Å². The first-order valence-electron chi connectivity index (χ1n) is 7.37. The quantitative estimate of drug-likeness (QED) is 0.799. The standard InChI is InChI=1S/C17H15Cl3N2O/c18-13-7-15(20)16(8-14(13)19)21-17(23)10-22-6-5-11-3-1-2-4-12(11)9-22/h1-4,7-8H,5-6,9-10H2,(H,21,23)/p+1. The van der Waals surface area contributed by atoms with Crippen molar-refractivity contribution in [3.8, 4) is 0 Å². The van der Waals surface area contributed by atoms with Crippen molar-refractivity contribution in [3.05, 3.63) is 62.6 Å². The molecule has 1 aliphatic heterocycles. The summed E-state index contributed by atoms with van der Waals surface area (Å²) in [5.41, 5.74) is 3.18. The summed E-state index contributed by atoms with van der Waals surface area (Å²) < 4.78 is 0. The highest BCUT2D eigenvalue weighted by Crippen LogP contribution is 2.32. The van der Waals surface area contributed by atoms with Gasteiger partial charge in [-0.25, -0.2) is 0 Å². The van der Waals surface area contributed by atoms with Crippen LogP contribution in [-0.2, 0) is 17.8 Å². The number of carbonyl (C=O) groups excluding carboxylic acids is 1. The zero-order valence-corrected chi connectivity index (χ0v) is 14.6. The number of amides is 1. The normalized spacial score (nSPS) is 16.7. The van der Waals surface area contributed by atoms with Crippen LogP contribution in [0.15, 0.2) is 36.4 Å². The van der Waals surface area contributed by atoms with Gasteiger partial charge in [-0.2, -0.15) is 0 Å². The Morgan fingerprint density at radius 3 is 2.52 bits per heavy atom. The second-order valence-corrected chi connectivity index (χ2v) is 6.89. The summed E-state index contributed by atoms with van der Waals surface area (Å²) in [4.78, 5) is 13.5. The molecule has 0 saturated carbocycles. The number of hydrogen-bond acceptors (Lipinski definition) is 1. The average Bonchev–Trinajstić information content (AvgIpc) is 2.52. The van der Waals surface area contributed by atoms with Crippen LogP contribution < -0.4 is 10.2 Å². The number of quaternary nitrogens is 1. The predicted molar refractivity (Wildman–Crippen MR) is 94.6 cm³/mol. The lowest BCUT2D eigenvalue weighted by Gasteiger charge is -2.25. The maximum atomic E-state index is 12.3. The highest BCUT2D eigenvalue weighted by Gasteiger charge is 2.21. The van der Waals surface area contributed by atoms with E-state index in [1.54, 1.807) is 6.07 Å². The minimum absolute atomic E-state index is 0.0836. The van der Waals surface area contributed by atoms with Crippen molar-refractivity contribution < 1.29 is 9.69 Å². The molecule has 0 saturated heterocycles. The molecule has 2 aromatic rings. The SMILES string of the molecule is O=C(C[NH+]1CCc2ccccc2C1)Nc1cc(Cl)c(Cl)cc1Cl. The smallest absolute Gasteiger partial charge is 0.279 e. The Kier molecular flexibility index (Phi) is 5.12. The van der Waals surface area contributed by atoms with Crippen LogP contribution in [0.4, 0.5) is 5.69 Å². The lowest BCUT2D eigenvalue weighted by atomic mass is 10.00. The summed E-state index contributed by atoms with van der Waals surface area (Å²) in [6, 6.07) is 11.5. The van der Waals surface area contributed by atoms with Gasteiger partial charge in [0, 0.05) is 12.0 Å². The van der Waals surface area contributed by atoms with Crippen molar-refractivity contribution in [1.29, 1.82) is 0 Å². The third kappa shape index (κ3) is 3.99. The number of nitrogens with one attached hydrogen (secondary N) is 2. The molecule has 0 spiro atoms. The summed E-state index contributed by atoms with van der Waals surface area (Å²) in [6.45, 7) is 2.20. The molecule has 0 fully saturated rings. The number of hydrogen-bond donors (Lipinski definition) is 2. The van der Waals surface area contributed by atoms with Gasteiger partial charge in [0.15, 0.2) is 6.54 Å². The predicted octanol–water partition coefficient (Wildman–Crippen LogP) is 3.23. The van der Waals surface area contributed by atoms with Gasteiger partial charge in [-0.05, 0) is 17.7 Å². The van der Waals surface area contributed by atoms with Crippen molar-refractivity contribution >= 4 is 46.4 Å². The van der Waals surface area contributed by atoms with E-state index in [-0.39, 0.29) is 5.91 Å². The van der Waals surface area contributed by atoms with E-state index in [2.05, 4.69) is 23.5 Å². The molecule has 0 aliphatic carbocycles. The van der Waals surface area contributed by atoms with Crippen LogP contribution >= 0.6 is 34.8 Å². The molecule has 120 valence electrons. The van der Waals surface area contributed by atoms with Gasteiger partial charge in [0.2, 0.25) is 0 Å². The van der Waals surface area contributed by atoms with Gasteiger partial charge in [0.25, 0.3) is 5.91 Å². The van der Waals surface area contributed by atoms with E-state index < -0.39 is 0 Å². The summed E-state index contributed by atoms with van der Waals surface area (Å²) >= 11 is 18.0. The van der Waals surface area contributed by atoms with Crippen molar-refractivity contribution in [2.24, 2.45) is 0 Å². The van der Waals surface area contributed by atoms with Crippen LogP contribution in [0.25, 0.3) is 0 Å². The van der Waals surface area contributed by atoms with Gasteiger partial charge < -0.3 is 10.2 Å². The van der Waals surface area contributed by atoms with Crippen LogP contribution in [0.5, 0.6) is 0 Å². The molecule has 0 radical (unpaired) electrons. The number of fused-ring (bicyclic) bond motifs is 1. The first-order chi connectivity index (χ1) is 11.0. The fraction of sp³-hybridized carbons (Fsp3) is 0.235. The van der Waals surface area contributed by atoms with Gasteiger partial charge >= 0.3 is 0 Å². The largest absolute Gasteiger partial charge is 0.323 e. The molecule has 23 heavy (non-hydrogen) atoms. The van der Waals surface area contributed by atoms with E-state index >= 15 is 0 Å². The van der Waals surface area contributed by atoms with E-state index in [1.807, 2.05) is 6.07 Å². The van der Waals surface area contributed by atoms with Crippen LogP contribution in [0.2, 0.25) is 15.1 Å². The maximum Gasteiger partial charge on any atom is 0.279 e. The zero-order valence-electron chi connectivity index (χ0n) is 12.3.